The Morgan fingerprint density at radius 2 is 1.74 bits per heavy atom. The third-order valence-corrected chi connectivity index (χ3v) is 5.03. The Hall–Kier alpha value is -0.570. The smallest absolute Gasteiger partial charge is 0.226 e. The summed E-state index contributed by atoms with van der Waals surface area (Å²) in [5.74, 6) is 0.316. The van der Waals surface area contributed by atoms with E-state index < -0.39 is 0 Å². The average Bonchev–Trinajstić information content (AvgIpc) is 2.83. The Kier molecular flexibility index (Phi) is 3.97. The molecule has 0 radical (unpaired) electrons. The molecule has 0 aromatic carbocycles. The molecule has 0 atom stereocenters. The van der Waals surface area contributed by atoms with Crippen LogP contribution in [0.25, 0.3) is 0 Å². The third kappa shape index (κ3) is 3.13. The number of fused-ring (bicyclic) bond motifs is 2. The minimum Gasteiger partial charge on any atom is -0.354 e. The van der Waals surface area contributed by atoms with Crippen LogP contribution in [0.3, 0.4) is 0 Å². The maximum Gasteiger partial charge on any atom is 0.226 e. The Bertz CT molecular complexity index is 335. The fourth-order valence-corrected chi connectivity index (χ4v) is 4.49. The summed E-state index contributed by atoms with van der Waals surface area (Å²) in [6.45, 7) is 8.59. The van der Waals surface area contributed by atoms with Gasteiger partial charge in [0.25, 0.3) is 0 Å². The van der Waals surface area contributed by atoms with E-state index in [4.69, 9.17) is 0 Å². The van der Waals surface area contributed by atoms with Crippen molar-refractivity contribution in [3.63, 3.8) is 0 Å². The van der Waals surface area contributed by atoms with Gasteiger partial charge in [-0.15, -0.1) is 0 Å². The van der Waals surface area contributed by atoms with E-state index in [9.17, 15) is 4.79 Å². The van der Waals surface area contributed by atoms with Crippen molar-refractivity contribution < 1.29 is 4.79 Å². The highest BCUT2D eigenvalue weighted by atomic mass is 16.2. The van der Waals surface area contributed by atoms with Crippen LogP contribution in [-0.4, -0.2) is 26.0 Å². The van der Waals surface area contributed by atoms with Gasteiger partial charge in [0, 0.05) is 18.5 Å². The molecule has 2 fully saturated rings. The van der Waals surface area contributed by atoms with E-state index in [1.165, 1.54) is 19.3 Å². The number of amides is 1. The fourth-order valence-electron chi connectivity index (χ4n) is 4.49. The molecule has 3 nitrogen and oxygen atoms in total. The summed E-state index contributed by atoms with van der Waals surface area (Å²) >= 11 is 0. The molecule has 0 aliphatic heterocycles. The highest BCUT2D eigenvalue weighted by Gasteiger charge is 2.58. The highest BCUT2D eigenvalue weighted by molar-refractivity contribution is 5.83. The summed E-state index contributed by atoms with van der Waals surface area (Å²) in [7, 11) is 1.92. The van der Waals surface area contributed by atoms with Crippen molar-refractivity contribution in [3.05, 3.63) is 0 Å². The van der Waals surface area contributed by atoms with Gasteiger partial charge in [0.1, 0.15) is 0 Å². The van der Waals surface area contributed by atoms with Gasteiger partial charge in [-0.05, 0) is 56.4 Å². The molecule has 3 heteroatoms. The number of hydrogen-bond donors (Lipinski definition) is 2. The van der Waals surface area contributed by atoms with E-state index in [0.717, 1.165) is 32.4 Å². The van der Waals surface area contributed by atoms with Gasteiger partial charge >= 0.3 is 0 Å². The van der Waals surface area contributed by atoms with Crippen LogP contribution in [0.15, 0.2) is 0 Å². The summed E-state index contributed by atoms with van der Waals surface area (Å²) in [5, 5.41) is 6.20. The quantitative estimate of drug-likeness (QED) is 0.751. The molecule has 19 heavy (non-hydrogen) atoms. The van der Waals surface area contributed by atoms with Gasteiger partial charge in [-0.1, -0.05) is 20.8 Å². The number of carbonyl (C=O) groups excluding carboxylic acids is 1. The maximum absolute atomic E-state index is 12.5. The number of rotatable bonds is 5. The maximum atomic E-state index is 12.5. The molecule has 2 N–H and O–H groups in total. The molecule has 2 aliphatic carbocycles. The second-order valence-corrected chi connectivity index (χ2v) is 8.05. The molecule has 2 rings (SSSR count). The summed E-state index contributed by atoms with van der Waals surface area (Å²) < 4.78 is 0. The van der Waals surface area contributed by atoms with E-state index >= 15 is 0 Å². The number of likely N-dealkylation sites (N-methyl/N-ethyl adjacent to an activating group) is 1. The summed E-state index contributed by atoms with van der Waals surface area (Å²) in [4.78, 5) is 12.5. The predicted molar refractivity (Wildman–Crippen MR) is 79.0 cm³/mol. The second kappa shape index (κ2) is 5.08. The first-order valence-corrected chi connectivity index (χ1v) is 7.74. The van der Waals surface area contributed by atoms with E-state index in [0.29, 0.717) is 16.7 Å². The predicted octanol–water partition coefficient (Wildman–Crippen LogP) is 2.71. The lowest BCUT2D eigenvalue weighted by Crippen LogP contribution is -2.40. The first-order chi connectivity index (χ1) is 8.81. The van der Waals surface area contributed by atoms with Crippen LogP contribution >= 0.6 is 0 Å². The van der Waals surface area contributed by atoms with E-state index in [1.807, 2.05) is 7.05 Å². The lowest BCUT2D eigenvalue weighted by Gasteiger charge is -2.33. The summed E-state index contributed by atoms with van der Waals surface area (Å²) in [6, 6.07) is 0. The van der Waals surface area contributed by atoms with Gasteiger partial charge < -0.3 is 10.6 Å². The van der Waals surface area contributed by atoms with Crippen molar-refractivity contribution in [3.8, 4) is 0 Å². The fraction of sp³-hybridized carbons (Fsp3) is 0.938. The summed E-state index contributed by atoms with van der Waals surface area (Å²) in [5.41, 5.74) is 0.806. The minimum absolute atomic E-state index is 0.0288. The minimum atomic E-state index is -0.0288. The van der Waals surface area contributed by atoms with Crippen LogP contribution in [-0.2, 0) is 4.79 Å². The normalized spacial score (nSPS) is 33.7. The monoisotopic (exact) mass is 266 g/mol. The zero-order valence-corrected chi connectivity index (χ0v) is 13.1. The van der Waals surface area contributed by atoms with Gasteiger partial charge in [0.2, 0.25) is 5.91 Å². The molecular weight excluding hydrogens is 236 g/mol. The zero-order valence-electron chi connectivity index (χ0n) is 13.1. The number of carbonyl (C=O) groups is 1. The molecule has 0 aromatic rings. The largest absolute Gasteiger partial charge is 0.354 e. The Morgan fingerprint density at radius 3 is 2.26 bits per heavy atom. The SMILES string of the molecule is CNCCNC(=O)C12CCC(CC(C)(C)C)(CC1)C2. The molecule has 2 aliphatic rings. The molecular formula is C16H30N2O. The molecule has 2 saturated carbocycles. The van der Waals surface area contributed by atoms with Crippen LogP contribution in [0.4, 0.5) is 0 Å². The first kappa shape index (κ1) is 14.8. The highest BCUT2D eigenvalue weighted by Crippen LogP contribution is 2.64. The Labute approximate surface area is 117 Å². The topological polar surface area (TPSA) is 41.1 Å². The van der Waals surface area contributed by atoms with Crippen LogP contribution < -0.4 is 10.6 Å². The number of nitrogens with one attached hydrogen (secondary N) is 2. The lowest BCUT2D eigenvalue weighted by molar-refractivity contribution is -0.130. The molecule has 0 heterocycles. The van der Waals surface area contributed by atoms with Crippen molar-refractivity contribution in [2.75, 3.05) is 20.1 Å². The first-order valence-electron chi connectivity index (χ1n) is 7.74. The van der Waals surface area contributed by atoms with Crippen molar-refractivity contribution >= 4 is 5.91 Å². The van der Waals surface area contributed by atoms with Crippen LogP contribution in [0, 0.1) is 16.2 Å². The van der Waals surface area contributed by atoms with Gasteiger partial charge in [-0.25, -0.2) is 0 Å². The van der Waals surface area contributed by atoms with Gasteiger partial charge in [0.15, 0.2) is 0 Å². The zero-order chi connectivity index (χ0) is 14.1. The summed E-state index contributed by atoms with van der Waals surface area (Å²) in [6.07, 6.45) is 7.12. The lowest BCUT2D eigenvalue weighted by atomic mass is 9.72. The molecule has 2 bridgehead atoms. The van der Waals surface area contributed by atoms with E-state index in [2.05, 4.69) is 31.4 Å². The van der Waals surface area contributed by atoms with Crippen LogP contribution in [0.1, 0.15) is 59.3 Å². The van der Waals surface area contributed by atoms with Gasteiger partial charge in [0.05, 0.1) is 0 Å². The molecule has 0 spiro atoms. The van der Waals surface area contributed by atoms with Crippen molar-refractivity contribution in [2.24, 2.45) is 16.2 Å². The second-order valence-electron chi connectivity index (χ2n) is 8.05. The van der Waals surface area contributed by atoms with E-state index in [-0.39, 0.29) is 5.41 Å². The Balaban J connectivity index is 1.96. The standard InChI is InChI=1S/C16H30N2O/c1-14(2,3)11-15-5-7-16(12-15,8-6-15)13(19)18-10-9-17-4/h17H,5-12H2,1-4H3,(H,18,19). The van der Waals surface area contributed by atoms with Gasteiger partial charge in [-0.3, -0.25) is 4.79 Å². The van der Waals surface area contributed by atoms with Crippen molar-refractivity contribution in [1.29, 1.82) is 0 Å². The average molecular weight is 266 g/mol. The van der Waals surface area contributed by atoms with E-state index in [1.54, 1.807) is 0 Å². The third-order valence-electron chi connectivity index (χ3n) is 5.03. The molecule has 110 valence electrons. The van der Waals surface area contributed by atoms with Crippen LogP contribution in [0.2, 0.25) is 0 Å². The molecule has 0 unspecified atom stereocenters. The number of hydrogen-bond acceptors (Lipinski definition) is 2. The Morgan fingerprint density at radius 1 is 1.11 bits per heavy atom. The van der Waals surface area contributed by atoms with Gasteiger partial charge in [-0.2, -0.15) is 0 Å². The van der Waals surface area contributed by atoms with Crippen LogP contribution in [0.5, 0.6) is 0 Å². The van der Waals surface area contributed by atoms with Crippen molar-refractivity contribution in [2.45, 2.75) is 59.3 Å². The molecule has 1 amide bonds. The molecule has 0 saturated heterocycles. The molecule has 0 aromatic heterocycles. The van der Waals surface area contributed by atoms with Crippen molar-refractivity contribution in [1.82, 2.24) is 10.6 Å².